The lowest BCUT2D eigenvalue weighted by Gasteiger charge is -2.26. The number of nitrogens with two attached hydrogens (primary N) is 1. The number of rotatable bonds is 1. The van der Waals surface area contributed by atoms with Crippen molar-refractivity contribution in [1.82, 2.24) is 9.78 Å². The molecule has 0 saturated heterocycles. The molecule has 1 atom stereocenters. The van der Waals surface area contributed by atoms with Gasteiger partial charge in [0, 0.05) is 18.3 Å². The van der Waals surface area contributed by atoms with Gasteiger partial charge in [0.05, 0.1) is 6.04 Å². The van der Waals surface area contributed by atoms with E-state index in [0.29, 0.717) is 24.5 Å². The molecule has 1 aromatic carbocycles. The number of fused-ring (bicyclic) bond motifs is 1. The van der Waals surface area contributed by atoms with Crippen LogP contribution in [-0.2, 0) is 6.18 Å². The van der Waals surface area contributed by atoms with E-state index in [1.54, 1.807) is 18.2 Å². The number of alkyl halides is 3. The minimum atomic E-state index is -4.44. The average molecular weight is 282 g/mol. The zero-order valence-corrected chi connectivity index (χ0v) is 10.5. The van der Waals surface area contributed by atoms with Crippen LogP contribution in [0.25, 0.3) is 0 Å². The molecule has 2 aromatic rings. The first kappa shape index (κ1) is 12.8. The topological polar surface area (TPSA) is 55.9 Å². The lowest BCUT2D eigenvalue weighted by atomic mass is 10.0. The average Bonchev–Trinajstić information content (AvgIpc) is 2.82. The van der Waals surface area contributed by atoms with E-state index < -0.39 is 11.9 Å². The van der Waals surface area contributed by atoms with Crippen LogP contribution in [0.5, 0.6) is 0 Å². The molecule has 1 aliphatic heterocycles. The molecule has 0 saturated carbocycles. The maximum Gasteiger partial charge on any atom is 0.435 e. The first-order valence-electron chi connectivity index (χ1n) is 6.21. The Labute approximate surface area is 113 Å². The molecule has 106 valence electrons. The highest BCUT2D eigenvalue weighted by Gasteiger charge is 2.36. The van der Waals surface area contributed by atoms with Crippen LogP contribution < -0.4 is 11.1 Å². The van der Waals surface area contributed by atoms with Crippen LogP contribution in [0.4, 0.5) is 24.7 Å². The number of benzene rings is 1. The smallest absolute Gasteiger partial charge is 0.399 e. The van der Waals surface area contributed by atoms with E-state index in [9.17, 15) is 13.2 Å². The van der Waals surface area contributed by atoms with Crippen molar-refractivity contribution in [1.29, 1.82) is 0 Å². The number of aromatic nitrogens is 2. The second kappa shape index (κ2) is 4.43. The molecule has 0 aliphatic carbocycles. The van der Waals surface area contributed by atoms with Gasteiger partial charge < -0.3 is 11.1 Å². The number of hydrogen-bond acceptors (Lipinski definition) is 3. The lowest BCUT2D eigenvalue weighted by molar-refractivity contribution is -0.141. The number of nitrogens with one attached hydrogen (secondary N) is 1. The Bertz CT molecular complexity index is 633. The van der Waals surface area contributed by atoms with Crippen molar-refractivity contribution >= 4 is 11.5 Å². The summed E-state index contributed by atoms with van der Waals surface area (Å²) >= 11 is 0. The lowest BCUT2D eigenvalue weighted by Crippen LogP contribution is -2.24. The fourth-order valence-electron chi connectivity index (χ4n) is 2.44. The molecule has 0 radical (unpaired) electrons. The fourth-order valence-corrected chi connectivity index (χ4v) is 2.44. The van der Waals surface area contributed by atoms with Crippen LogP contribution in [0.1, 0.15) is 23.7 Å². The largest absolute Gasteiger partial charge is 0.435 e. The maximum atomic E-state index is 12.7. The third-order valence-corrected chi connectivity index (χ3v) is 3.34. The van der Waals surface area contributed by atoms with Crippen molar-refractivity contribution < 1.29 is 13.2 Å². The molecule has 1 unspecified atom stereocenters. The fraction of sp³-hybridized carbons (Fsp3) is 0.308. The van der Waals surface area contributed by atoms with Crippen molar-refractivity contribution in [2.75, 3.05) is 17.6 Å². The van der Waals surface area contributed by atoms with Gasteiger partial charge in [-0.05, 0) is 24.1 Å². The molecule has 3 rings (SSSR count). The summed E-state index contributed by atoms with van der Waals surface area (Å²) in [4.78, 5) is 0. The summed E-state index contributed by atoms with van der Waals surface area (Å²) in [6.45, 7) is 0.600. The van der Waals surface area contributed by atoms with Crippen LogP contribution in [0.2, 0.25) is 0 Å². The van der Waals surface area contributed by atoms with E-state index in [0.717, 1.165) is 11.6 Å². The second-order valence-corrected chi connectivity index (χ2v) is 4.76. The van der Waals surface area contributed by atoms with E-state index >= 15 is 0 Å². The summed E-state index contributed by atoms with van der Waals surface area (Å²) in [6.07, 6.45) is -3.78. The van der Waals surface area contributed by atoms with E-state index in [4.69, 9.17) is 5.73 Å². The van der Waals surface area contributed by atoms with Crippen LogP contribution in [0.3, 0.4) is 0 Å². The van der Waals surface area contributed by atoms with E-state index in [1.807, 2.05) is 6.07 Å². The summed E-state index contributed by atoms with van der Waals surface area (Å²) in [5.41, 5.74) is 6.31. The molecule has 2 heterocycles. The highest BCUT2D eigenvalue weighted by atomic mass is 19.4. The molecular formula is C13H13F3N4. The number of nitrogens with zero attached hydrogens (tertiary/aromatic N) is 2. The third-order valence-electron chi connectivity index (χ3n) is 3.34. The number of anilines is 2. The summed E-state index contributed by atoms with van der Waals surface area (Å²) in [5, 5.41) is 6.64. The zero-order valence-electron chi connectivity index (χ0n) is 10.5. The van der Waals surface area contributed by atoms with Gasteiger partial charge in [-0.2, -0.15) is 18.3 Å². The number of hydrogen-bond donors (Lipinski definition) is 2. The van der Waals surface area contributed by atoms with Gasteiger partial charge in [0.2, 0.25) is 0 Å². The summed E-state index contributed by atoms with van der Waals surface area (Å²) < 4.78 is 39.6. The monoisotopic (exact) mass is 282 g/mol. The Kier molecular flexibility index (Phi) is 2.84. The Balaban J connectivity index is 2.04. The molecule has 4 nitrogen and oxygen atoms in total. The number of nitrogen functional groups attached to an aromatic ring is 1. The minimum Gasteiger partial charge on any atom is -0.399 e. The Morgan fingerprint density at radius 3 is 2.80 bits per heavy atom. The first-order chi connectivity index (χ1) is 9.45. The van der Waals surface area contributed by atoms with Crippen LogP contribution in [0.15, 0.2) is 30.3 Å². The summed E-state index contributed by atoms with van der Waals surface area (Å²) in [7, 11) is 0. The van der Waals surface area contributed by atoms with Crippen LogP contribution >= 0.6 is 0 Å². The van der Waals surface area contributed by atoms with Gasteiger partial charge in [-0.1, -0.05) is 12.1 Å². The molecule has 0 bridgehead atoms. The van der Waals surface area contributed by atoms with Crippen LogP contribution in [0, 0.1) is 0 Å². The number of halogens is 3. The van der Waals surface area contributed by atoms with Crippen molar-refractivity contribution in [2.45, 2.75) is 18.6 Å². The normalized spacial score (nSPS) is 18.4. The summed E-state index contributed by atoms with van der Waals surface area (Å²) in [6, 6.07) is 7.97. The minimum absolute atomic E-state index is 0.231. The molecule has 20 heavy (non-hydrogen) atoms. The molecular weight excluding hydrogens is 269 g/mol. The van der Waals surface area contributed by atoms with Gasteiger partial charge in [0.25, 0.3) is 0 Å². The summed E-state index contributed by atoms with van der Waals surface area (Å²) in [5.74, 6) is 0.385. The van der Waals surface area contributed by atoms with Crippen molar-refractivity contribution in [3.8, 4) is 0 Å². The van der Waals surface area contributed by atoms with Gasteiger partial charge in [0.1, 0.15) is 5.82 Å². The molecule has 3 N–H and O–H groups in total. The Morgan fingerprint density at radius 2 is 2.10 bits per heavy atom. The quantitative estimate of drug-likeness (QED) is 0.791. The van der Waals surface area contributed by atoms with Gasteiger partial charge in [-0.3, -0.25) is 0 Å². The highest BCUT2D eigenvalue weighted by molar-refractivity contribution is 5.45. The van der Waals surface area contributed by atoms with Gasteiger partial charge in [0.15, 0.2) is 5.69 Å². The molecule has 1 aromatic heterocycles. The third kappa shape index (κ3) is 2.19. The maximum absolute atomic E-state index is 12.7. The van der Waals surface area contributed by atoms with E-state index in [1.165, 1.54) is 4.68 Å². The van der Waals surface area contributed by atoms with Crippen LogP contribution in [-0.4, -0.2) is 16.3 Å². The highest BCUT2D eigenvalue weighted by Crippen LogP contribution is 2.35. The van der Waals surface area contributed by atoms with Gasteiger partial charge in [-0.25, -0.2) is 4.68 Å². The first-order valence-corrected chi connectivity index (χ1v) is 6.21. The zero-order chi connectivity index (χ0) is 14.3. The predicted octanol–water partition coefficient (Wildman–Crippen LogP) is 2.89. The Morgan fingerprint density at radius 1 is 1.30 bits per heavy atom. The van der Waals surface area contributed by atoms with Gasteiger partial charge in [-0.15, -0.1) is 0 Å². The molecule has 1 aliphatic rings. The SMILES string of the molecule is Nc1cccc(C2CCNc3cc(C(F)(F)F)nn32)c1. The molecule has 7 heteroatoms. The molecule has 0 fully saturated rings. The Hall–Kier alpha value is -2.18. The van der Waals surface area contributed by atoms with Crippen molar-refractivity contribution in [3.63, 3.8) is 0 Å². The van der Waals surface area contributed by atoms with Crippen molar-refractivity contribution in [2.24, 2.45) is 0 Å². The standard InChI is InChI=1S/C13H13F3N4/c14-13(15,16)11-7-12-18-5-4-10(20(12)19-11)8-2-1-3-9(17)6-8/h1-3,6-7,10,18H,4-5,17H2. The van der Waals surface area contributed by atoms with Gasteiger partial charge >= 0.3 is 6.18 Å². The second-order valence-electron chi connectivity index (χ2n) is 4.76. The predicted molar refractivity (Wildman–Crippen MR) is 69.3 cm³/mol. The molecule has 0 spiro atoms. The molecule has 0 amide bonds. The van der Waals surface area contributed by atoms with E-state index in [-0.39, 0.29) is 6.04 Å². The van der Waals surface area contributed by atoms with E-state index in [2.05, 4.69) is 10.4 Å². The van der Waals surface area contributed by atoms with Crippen molar-refractivity contribution in [3.05, 3.63) is 41.6 Å².